The molecular formula is C17H21NO2. The van der Waals surface area contributed by atoms with Crippen molar-refractivity contribution in [2.45, 2.75) is 26.7 Å². The highest BCUT2D eigenvalue weighted by Gasteiger charge is 2.18. The molecule has 1 aliphatic rings. The molecular weight excluding hydrogens is 250 g/mol. The van der Waals surface area contributed by atoms with Crippen molar-refractivity contribution in [2.24, 2.45) is 16.8 Å². The fourth-order valence-corrected chi connectivity index (χ4v) is 2.57. The van der Waals surface area contributed by atoms with E-state index in [1.54, 1.807) is 6.07 Å². The van der Waals surface area contributed by atoms with Gasteiger partial charge in [-0.2, -0.15) is 0 Å². The average Bonchev–Trinajstić information content (AvgIpc) is 2.46. The van der Waals surface area contributed by atoms with Gasteiger partial charge in [0.25, 0.3) is 0 Å². The van der Waals surface area contributed by atoms with Crippen molar-refractivity contribution >= 4 is 17.9 Å². The zero-order valence-corrected chi connectivity index (χ0v) is 12.3. The van der Waals surface area contributed by atoms with Gasteiger partial charge in [0.1, 0.15) is 0 Å². The number of rotatable bonds is 3. The Hall–Kier alpha value is -1.90. The van der Waals surface area contributed by atoms with Crippen LogP contribution in [0.4, 0.5) is 5.69 Å². The molecule has 0 amide bonds. The Morgan fingerprint density at radius 1 is 1.40 bits per heavy atom. The fourth-order valence-electron chi connectivity index (χ4n) is 2.57. The molecule has 20 heavy (non-hydrogen) atoms. The van der Waals surface area contributed by atoms with Crippen LogP contribution < -0.4 is 0 Å². The van der Waals surface area contributed by atoms with E-state index in [1.165, 1.54) is 12.7 Å². The molecule has 0 saturated carbocycles. The summed E-state index contributed by atoms with van der Waals surface area (Å²) in [7, 11) is 1.39. The smallest absolute Gasteiger partial charge is 0.340 e. The van der Waals surface area contributed by atoms with E-state index < -0.39 is 0 Å². The highest BCUT2D eigenvalue weighted by Crippen LogP contribution is 2.28. The summed E-state index contributed by atoms with van der Waals surface area (Å²) in [6.07, 6.45) is 6.54. The molecule has 0 aliphatic heterocycles. The molecule has 0 radical (unpaired) electrons. The van der Waals surface area contributed by atoms with E-state index in [-0.39, 0.29) is 5.97 Å². The predicted octanol–water partition coefficient (Wildman–Crippen LogP) is 4.17. The molecule has 0 saturated heterocycles. The molecule has 1 aliphatic carbocycles. The first-order valence-corrected chi connectivity index (χ1v) is 7.00. The van der Waals surface area contributed by atoms with Gasteiger partial charge in [0, 0.05) is 12.1 Å². The third kappa shape index (κ3) is 3.35. The minimum absolute atomic E-state index is 0.342. The molecule has 2 rings (SSSR count). The minimum atomic E-state index is -0.342. The second kappa shape index (κ2) is 6.51. The van der Waals surface area contributed by atoms with Crippen LogP contribution in [0.2, 0.25) is 0 Å². The van der Waals surface area contributed by atoms with Gasteiger partial charge in [0.2, 0.25) is 0 Å². The van der Waals surface area contributed by atoms with Gasteiger partial charge >= 0.3 is 5.97 Å². The average molecular weight is 271 g/mol. The standard InChI is InChI=1S/C17H21NO2/c1-12-8-9-14(13(2)10-12)11-18-16-7-5-4-6-15(16)17(19)20-3/h4-7,10-11,13-14H,8-9H2,1-3H3/b18-11-. The molecule has 3 nitrogen and oxygen atoms in total. The Bertz CT molecular complexity index is 546. The normalized spacial score (nSPS) is 22.6. The van der Waals surface area contributed by atoms with Gasteiger partial charge in [-0.15, -0.1) is 0 Å². The molecule has 0 spiro atoms. The number of aliphatic imine (C=N–C) groups is 1. The van der Waals surface area contributed by atoms with Crippen LogP contribution in [-0.2, 0) is 4.74 Å². The molecule has 2 unspecified atom stereocenters. The molecule has 0 bridgehead atoms. The number of esters is 1. The minimum Gasteiger partial charge on any atom is -0.465 e. The maximum Gasteiger partial charge on any atom is 0.340 e. The fraction of sp³-hybridized carbons (Fsp3) is 0.412. The highest BCUT2D eigenvalue weighted by molar-refractivity contribution is 5.95. The van der Waals surface area contributed by atoms with Crippen LogP contribution in [0.25, 0.3) is 0 Å². The molecule has 1 aromatic carbocycles. The Morgan fingerprint density at radius 2 is 2.15 bits per heavy atom. The first-order chi connectivity index (χ1) is 9.61. The van der Waals surface area contributed by atoms with Crippen LogP contribution in [-0.4, -0.2) is 19.3 Å². The summed E-state index contributed by atoms with van der Waals surface area (Å²) in [6, 6.07) is 7.29. The van der Waals surface area contributed by atoms with Gasteiger partial charge < -0.3 is 4.74 Å². The van der Waals surface area contributed by atoms with E-state index >= 15 is 0 Å². The van der Waals surface area contributed by atoms with E-state index in [0.29, 0.717) is 23.1 Å². The van der Waals surface area contributed by atoms with Gasteiger partial charge in [-0.3, -0.25) is 4.99 Å². The summed E-state index contributed by atoms with van der Waals surface area (Å²) >= 11 is 0. The van der Waals surface area contributed by atoms with Crippen molar-refractivity contribution in [3.8, 4) is 0 Å². The van der Waals surface area contributed by atoms with Crippen molar-refractivity contribution in [2.75, 3.05) is 7.11 Å². The van der Waals surface area contributed by atoms with Crippen LogP contribution in [0.1, 0.15) is 37.0 Å². The summed E-state index contributed by atoms with van der Waals surface area (Å²) in [5.41, 5.74) is 2.65. The second-order valence-corrected chi connectivity index (χ2v) is 5.36. The van der Waals surface area contributed by atoms with Crippen molar-refractivity contribution in [3.63, 3.8) is 0 Å². The highest BCUT2D eigenvalue weighted by atomic mass is 16.5. The lowest BCUT2D eigenvalue weighted by molar-refractivity contribution is 0.0601. The number of methoxy groups -OCH3 is 1. The van der Waals surface area contributed by atoms with Crippen molar-refractivity contribution < 1.29 is 9.53 Å². The Kier molecular flexibility index (Phi) is 4.72. The van der Waals surface area contributed by atoms with E-state index in [9.17, 15) is 4.79 Å². The topological polar surface area (TPSA) is 38.7 Å². The lowest BCUT2D eigenvalue weighted by Crippen LogP contribution is -2.15. The molecule has 0 fully saturated rings. The molecule has 0 aromatic heterocycles. The summed E-state index contributed by atoms with van der Waals surface area (Å²) in [6.45, 7) is 4.39. The number of carbonyl (C=O) groups excluding carboxylic acids is 1. The number of hydrogen-bond donors (Lipinski definition) is 0. The number of para-hydroxylation sites is 1. The lowest BCUT2D eigenvalue weighted by Gasteiger charge is -2.23. The largest absolute Gasteiger partial charge is 0.465 e. The van der Waals surface area contributed by atoms with Crippen LogP contribution in [0, 0.1) is 11.8 Å². The molecule has 3 heteroatoms. The third-order valence-electron chi connectivity index (χ3n) is 3.81. The van der Waals surface area contributed by atoms with Crippen LogP contribution in [0.15, 0.2) is 40.9 Å². The zero-order valence-electron chi connectivity index (χ0n) is 12.3. The van der Waals surface area contributed by atoms with Crippen LogP contribution in [0.3, 0.4) is 0 Å². The quantitative estimate of drug-likeness (QED) is 0.470. The first kappa shape index (κ1) is 14.5. The Balaban J connectivity index is 2.18. The van der Waals surface area contributed by atoms with E-state index in [0.717, 1.165) is 12.8 Å². The number of allylic oxidation sites excluding steroid dienone is 2. The van der Waals surface area contributed by atoms with Gasteiger partial charge in [-0.25, -0.2) is 4.79 Å². The monoisotopic (exact) mass is 271 g/mol. The predicted molar refractivity (Wildman–Crippen MR) is 81.6 cm³/mol. The first-order valence-electron chi connectivity index (χ1n) is 7.00. The van der Waals surface area contributed by atoms with E-state index in [4.69, 9.17) is 4.74 Å². The Labute approximate surface area is 120 Å². The second-order valence-electron chi connectivity index (χ2n) is 5.36. The summed E-state index contributed by atoms with van der Waals surface area (Å²) in [4.78, 5) is 16.2. The number of ether oxygens (including phenoxy) is 1. The van der Waals surface area contributed by atoms with Gasteiger partial charge in [0.15, 0.2) is 0 Å². The lowest BCUT2D eigenvalue weighted by atomic mass is 9.83. The van der Waals surface area contributed by atoms with Gasteiger partial charge in [-0.1, -0.05) is 30.7 Å². The van der Waals surface area contributed by atoms with Gasteiger partial charge in [-0.05, 0) is 37.8 Å². The number of nitrogens with zero attached hydrogens (tertiary/aromatic N) is 1. The maximum atomic E-state index is 11.7. The zero-order chi connectivity index (χ0) is 14.5. The van der Waals surface area contributed by atoms with Gasteiger partial charge in [0.05, 0.1) is 18.4 Å². The van der Waals surface area contributed by atoms with Crippen molar-refractivity contribution in [1.29, 1.82) is 0 Å². The Morgan fingerprint density at radius 3 is 2.85 bits per heavy atom. The van der Waals surface area contributed by atoms with Crippen LogP contribution in [0.5, 0.6) is 0 Å². The number of hydrogen-bond acceptors (Lipinski definition) is 3. The molecule has 106 valence electrons. The van der Waals surface area contributed by atoms with Crippen molar-refractivity contribution in [3.05, 3.63) is 41.5 Å². The van der Waals surface area contributed by atoms with Crippen molar-refractivity contribution in [1.82, 2.24) is 0 Å². The summed E-state index contributed by atoms with van der Waals surface area (Å²) in [5.74, 6) is 0.590. The molecule has 0 N–H and O–H groups in total. The third-order valence-corrected chi connectivity index (χ3v) is 3.81. The van der Waals surface area contributed by atoms with Crippen LogP contribution >= 0.6 is 0 Å². The van der Waals surface area contributed by atoms with E-state index in [2.05, 4.69) is 24.9 Å². The summed E-state index contributed by atoms with van der Waals surface area (Å²) < 4.78 is 4.78. The summed E-state index contributed by atoms with van der Waals surface area (Å²) in [5, 5.41) is 0. The van der Waals surface area contributed by atoms with E-state index in [1.807, 2.05) is 24.4 Å². The molecule has 0 heterocycles. The number of carbonyl (C=O) groups is 1. The SMILES string of the molecule is COC(=O)c1ccccc1/N=C\C1CCC(C)=CC1C. The molecule has 2 atom stereocenters. The maximum absolute atomic E-state index is 11.7. The molecule has 1 aromatic rings. The number of benzene rings is 1.